The molecule has 1 aliphatic rings. The molecule has 2 aromatic heterocycles. The van der Waals surface area contributed by atoms with Gasteiger partial charge in [-0.1, -0.05) is 71.6 Å². The lowest BCUT2D eigenvalue weighted by molar-refractivity contribution is -0.117. The van der Waals surface area contributed by atoms with Gasteiger partial charge in [0.15, 0.2) is 15.9 Å². The minimum absolute atomic E-state index is 0.0575. The van der Waals surface area contributed by atoms with Crippen molar-refractivity contribution in [2.45, 2.75) is 16.1 Å². The molecule has 0 fully saturated rings. The molecule has 11 heteroatoms. The van der Waals surface area contributed by atoms with E-state index in [2.05, 4.69) is 10.2 Å². The number of benzene rings is 3. The zero-order chi connectivity index (χ0) is 27.1. The van der Waals surface area contributed by atoms with Crippen molar-refractivity contribution in [2.24, 2.45) is 0 Å². The molecule has 194 valence electrons. The van der Waals surface area contributed by atoms with Gasteiger partial charge in [-0.25, -0.2) is 8.78 Å². The molecule has 7 nitrogen and oxygen atoms in total. The molecule has 5 aromatic rings. The minimum atomic E-state index is -1.11. The predicted molar refractivity (Wildman–Crippen MR) is 143 cm³/mol. The van der Waals surface area contributed by atoms with E-state index in [1.807, 2.05) is 0 Å². The van der Waals surface area contributed by atoms with Crippen LogP contribution in [0.4, 0.5) is 13.9 Å². The number of nitrogens with zero attached hydrogens (tertiary/aromatic N) is 3. The number of ketones is 1. The Bertz CT molecular complexity index is 1730. The average Bonchev–Trinajstić information content (AvgIpc) is 3.65. The number of aliphatic hydroxyl groups excluding tert-OH is 1. The monoisotopic (exact) mass is 561 g/mol. The Hall–Kier alpha value is -4.35. The summed E-state index contributed by atoms with van der Waals surface area (Å²) in [5.74, 6) is -2.92. The molecule has 0 bridgehead atoms. The number of amides is 1. The number of para-hydroxylation sites is 1. The number of Topliss-reactive ketones (excluding diaryl/α,β-unsaturated/α-hetero) is 1. The van der Waals surface area contributed by atoms with Crippen LogP contribution < -0.4 is 4.90 Å². The Balaban J connectivity index is 1.36. The first-order valence-electron chi connectivity index (χ1n) is 11.7. The fourth-order valence-electron chi connectivity index (χ4n) is 4.33. The number of aromatic nitrogens is 2. The largest absolute Gasteiger partial charge is 0.503 e. The maximum absolute atomic E-state index is 14.0. The molecule has 1 atom stereocenters. The van der Waals surface area contributed by atoms with Crippen molar-refractivity contribution in [3.05, 3.63) is 119 Å². The molecule has 1 N–H and O–H groups in total. The van der Waals surface area contributed by atoms with Crippen LogP contribution in [0.25, 0.3) is 11.0 Å². The van der Waals surface area contributed by atoms with Crippen LogP contribution in [0.15, 0.2) is 99.0 Å². The summed E-state index contributed by atoms with van der Waals surface area (Å²) in [6.45, 7) is 0. The first-order chi connectivity index (χ1) is 18.9. The van der Waals surface area contributed by atoms with Gasteiger partial charge >= 0.3 is 0 Å². The van der Waals surface area contributed by atoms with Crippen LogP contribution in [0.1, 0.15) is 27.7 Å². The van der Waals surface area contributed by atoms with Crippen LogP contribution in [0.3, 0.4) is 0 Å². The summed E-state index contributed by atoms with van der Waals surface area (Å²) >= 11 is 2.29. The highest BCUT2D eigenvalue weighted by molar-refractivity contribution is 8.00. The van der Waals surface area contributed by atoms with Crippen molar-refractivity contribution in [1.82, 2.24) is 10.2 Å². The van der Waals surface area contributed by atoms with E-state index in [1.165, 1.54) is 48.2 Å². The molecule has 0 saturated heterocycles. The highest BCUT2D eigenvalue weighted by Gasteiger charge is 2.46. The first-order valence-corrected chi connectivity index (χ1v) is 13.5. The minimum Gasteiger partial charge on any atom is -0.503 e. The second-order valence-corrected chi connectivity index (χ2v) is 10.8. The normalized spacial score (nSPS) is 15.5. The third-order valence-corrected chi connectivity index (χ3v) is 8.30. The van der Waals surface area contributed by atoms with Crippen LogP contribution >= 0.6 is 23.1 Å². The summed E-state index contributed by atoms with van der Waals surface area (Å²) in [6, 6.07) is 19.1. The molecular formula is C28H17F2N3O4S2. The van der Waals surface area contributed by atoms with Crippen molar-refractivity contribution in [1.29, 1.82) is 0 Å². The molecular weight excluding hydrogens is 544 g/mol. The van der Waals surface area contributed by atoms with E-state index in [4.69, 9.17) is 4.42 Å². The number of aliphatic hydroxyl groups is 1. The number of hydrogen-bond acceptors (Lipinski definition) is 8. The molecule has 1 amide bonds. The topological polar surface area (TPSA) is 96.5 Å². The van der Waals surface area contributed by atoms with E-state index in [-0.39, 0.29) is 28.0 Å². The number of furan rings is 1. The summed E-state index contributed by atoms with van der Waals surface area (Å²) in [5.41, 5.74) is 1.12. The Morgan fingerprint density at radius 1 is 1.03 bits per heavy atom. The number of halogens is 2. The fourth-order valence-corrected chi connectivity index (χ4v) is 6.19. The van der Waals surface area contributed by atoms with Gasteiger partial charge in [-0.05, 0) is 41.5 Å². The average molecular weight is 562 g/mol. The number of anilines is 1. The number of thioether (sulfide) groups is 1. The van der Waals surface area contributed by atoms with E-state index >= 15 is 0 Å². The van der Waals surface area contributed by atoms with Crippen LogP contribution in [-0.2, 0) is 10.5 Å². The number of hydrogen-bond donors (Lipinski definition) is 1. The van der Waals surface area contributed by atoms with Crippen LogP contribution in [-0.4, -0.2) is 27.0 Å². The highest BCUT2D eigenvalue weighted by atomic mass is 32.2. The smallest absolute Gasteiger partial charge is 0.296 e. The van der Waals surface area contributed by atoms with Gasteiger partial charge in [0.25, 0.3) is 5.91 Å². The maximum Gasteiger partial charge on any atom is 0.296 e. The van der Waals surface area contributed by atoms with E-state index < -0.39 is 29.3 Å². The van der Waals surface area contributed by atoms with Gasteiger partial charge in [0, 0.05) is 11.1 Å². The number of carbonyl (C=O) groups is 2. The van der Waals surface area contributed by atoms with Crippen LogP contribution in [0, 0.1) is 11.6 Å². The molecule has 1 aliphatic heterocycles. The van der Waals surface area contributed by atoms with Gasteiger partial charge in [0.1, 0.15) is 17.2 Å². The lowest BCUT2D eigenvalue weighted by Crippen LogP contribution is -2.31. The predicted octanol–water partition coefficient (Wildman–Crippen LogP) is 6.64. The standard InChI is InChI=1S/C28H17F2N3O4S2/c29-18-11-9-15(10-12-18)23-22(24(34)21-13-16-5-2-4-8-20(16)37-21)25(35)26(36)33(23)27-31-32-28(39-27)38-14-17-6-1-3-7-19(17)30/h1-13,23,35H,14H2/t23-/m0/s1. The lowest BCUT2D eigenvalue weighted by atomic mass is 9.95. The van der Waals surface area contributed by atoms with Gasteiger partial charge in [0.05, 0.1) is 11.6 Å². The quantitative estimate of drug-likeness (QED) is 0.135. The lowest BCUT2D eigenvalue weighted by Gasteiger charge is -2.23. The zero-order valence-electron chi connectivity index (χ0n) is 19.9. The fraction of sp³-hybridized carbons (Fsp3) is 0.0714. The highest BCUT2D eigenvalue weighted by Crippen LogP contribution is 2.44. The van der Waals surface area contributed by atoms with Crippen molar-refractivity contribution >= 4 is 50.9 Å². The molecule has 0 unspecified atom stereocenters. The number of rotatable bonds is 7. The molecule has 0 spiro atoms. The summed E-state index contributed by atoms with van der Waals surface area (Å²) in [4.78, 5) is 28.2. The van der Waals surface area contributed by atoms with Gasteiger partial charge in [-0.15, -0.1) is 10.2 Å². The molecule has 0 radical (unpaired) electrons. The van der Waals surface area contributed by atoms with Crippen LogP contribution in [0.2, 0.25) is 0 Å². The molecule has 3 aromatic carbocycles. The maximum atomic E-state index is 14.0. The Morgan fingerprint density at radius 3 is 2.54 bits per heavy atom. The SMILES string of the molecule is O=C(C1=C(O)C(=O)N(c2nnc(SCc3ccccc3F)s2)[C@H]1c1ccc(F)cc1)c1cc2ccccc2o1. The number of fused-ring (bicyclic) bond motifs is 1. The first kappa shape index (κ1) is 25.0. The van der Waals surface area contributed by atoms with E-state index in [9.17, 15) is 23.5 Å². The second kappa shape index (κ2) is 10.1. The molecule has 3 heterocycles. The molecule has 39 heavy (non-hydrogen) atoms. The second-order valence-electron chi connectivity index (χ2n) is 8.60. The molecule has 0 saturated carbocycles. The van der Waals surface area contributed by atoms with E-state index in [0.29, 0.717) is 26.4 Å². The van der Waals surface area contributed by atoms with Gasteiger partial charge in [-0.3, -0.25) is 14.5 Å². The zero-order valence-corrected chi connectivity index (χ0v) is 21.5. The summed E-state index contributed by atoms with van der Waals surface area (Å²) in [5, 5.41) is 20.0. The Labute approximate surface area is 228 Å². The van der Waals surface area contributed by atoms with E-state index in [1.54, 1.807) is 42.5 Å². The molecule has 0 aliphatic carbocycles. The third-order valence-electron chi connectivity index (χ3n) is 6.20. The summed E-state index contributed by atoms with van der Waals surface area (Å²) in [7, 11) is 0. The Kier molecular flexibility index (Phi) is 6.45. The van der Waals surface area contributed by atoms with Crippen molar-refractivity contribution < 1.29 is 27.9 Å². The summed E-state index contributed by atoms with van der Waals surface area (Å²) < 4.78 is 34.0. The van der Waals surface area contributed by atoms with Crippen LogP contribution in [0.5, 0.6) is 0 Å². The van der Waals surface area contributed by atoms with Gasteiger partial charge in [0.2, 0.25) is 10.9 Å². The van der Waals surface area contributed by atoms with Gasteiger partial charge < -0.3 is 9.52 Å². The third kappa shape index (κ3) is 4.59. The number of carbonyl (C=O) groups excluding carboxylic acids is 2. The van der Waals surface area contributed by atoms with Crippen molar-refractivity contribution in [3.8, 4) is 0 Å². The van der Waals surface area contributed by atoms with Gasteiger partial charge in [-0.2, -0.15) is 0 Å². The van der Waals surface area contributed by atoms with E-state index in [0.717, 1.165) is 16.2 Å². The molecule has 6 rings (SSSR count). The van der Waals surface area contributed by atoms with Crippen molar-refractivity contribution in [2.75, 3.05) is 4.90 Å². The summed E-state index contributed by atoms with van der Waals surface area (Å²) in [6.07, 6.45) is 0. The van der Waals surface area contributed by atoms with Crippen molar-refractivity contribution in [3.63, 3.8) is 0 Å². The Morgan fingerprint density at radius 2 is 1.77 bits per heavy atom.